The maximum atomic E-state index is 4.64. The van der Waals surface area contributed by atoms with Crippen LogP contribution in [0.3, 0.4) is 0 Å². The van der Waals surface area contributed by atoms with Gasteiger partial charge in [0.15, 0.2) is 0 Å². The summed E-state index contributed by atoms with van der Waals surface area (Å²) in [6.07, 6.45) is 7.86. The van der Waals surface area contributed by atoms with Gasteiger partial charge in [0.25, 0.3) is 0 Å². The summed E-state index contributed by atoms with van der Waals surface area (Å²) in [5, 5.41) is 0. The van der Waals surface area contributed by atoms with E-state index < -0.39 is 0 Å². The molecule has 0 bridgehead atoms. The van der Waals surface area contributed by atoms with Crippen LogP contribution in [0.5, 0.6) is 0 Å². The van der Waals surface area contributed by atoms with Gasteiger partial charge in [-0.2, -0.15) is 0 Å². The number of anilines is 2. The molecule has 0 saturated heterocycles. The van der Waals surface area contributed by atoms with Gasteiger partial charge in [-0.3, -0.25) is 9.97 Å². The Labute approximate surface area is 171 Å². The van der Waals surface area contributed by atoms with Crippen LogP contribution in [0, 0.1) is 6.92 Å². The van der Waals surface area contributed by atoms with Crippen LogP contribution in [-0.4, -0.2) is 35.1 Å². The lowest BCUT2D eigenvalue weighted by Gasteiger charge is -2.35. The van der Waals surface area contributed by atoms with Gasteiger partial charge in [-0.05, 0) is 84.1 Å². The predicted octanol–water partition coefficient (Wildman–Crippen LogP) is 5.18. The van der Waals surface area contributed by atoms with E-state index in [9.17, 15) is 0 Å². The second-order valence-corrected chi connectivity index (χ2v) is 8.33. The van der Waals surface area contributed by atoms with E-state index in [0.29, 0.717) is 12.1 Å². The van der Waals surface area contributed by atoms with Gasteiger partial charge in [0, 0.05) is 37.1 Å². The molecule has 0 aliphatic carbocycles. The van der Waals surface area contributed by atoms with Crippen LogP contribution in [0.1, 0.15) is 64.0 Å². The van der Waals surface area contributed by atoms with Crippen molar-refractivity contribution >= 4 is 11.4 Å². The molecule has 152 valence electrons. The van der Waals surface area contributed by atoms with E-state index in [1.807, 2.05) is 12.3 Å². The number of hydrogen-bond acceptors (Lipinski definition) is 4. The summed E-state index contributed by atoms with van der Waals surface area (Å²) < 4.78 is 0. The van der Waals surface area contributed by atoms with Gasteiger partial charge in [-0.15, -0.1) is 0 Å². The lowest BCUT2D eigenvalue weighted by atomic mass is 10.0. The maximum absolute atomic E-state index is 4.64. The number of rotatable bonds is 3. The Bertz CT molecular complexity index is 771. The van der Waals surface area contributed by atoms with Crippen molar-refractivity contribution in [1.29, 1.82) is 0 Å². The molecule has 0 saturated carbocycles. The lowest BCUT2D eigenvalue weighted by molar-refractivity contribution is 0.573. The highest BCUT2D eigenvalue weighted by atomic mass is 15.2. The Kier molecular flexibility index (Phi) is 6.93. The van der Waals surface area contributed by atoms with Crippen LogP contribution in [0.25, 0.3) is 0 Å². The fraction of sp³-hybridized carbons (Fsp3) is 0.583. The maximum Gasteiger partial charge on any atom is 0.0640 e. The molecule has 0 aromatic carbocycles. The number of aryl methyl sites for hydroxylation is 3. The van der Waals surface area contributed by atoms with E-state index in [-0.39, 0.29) is 0 Å². The Morgan fingerprint density at radius 3 is 2.32 bits per heavy atom. The van der Waals surface area contributed by atoms with Gasteiger partial charge in [-0.25, -0.2) is 0 Å². The van der Waals surface area contributed by atoms with Gasteiger partial charge in [0.1, 0.15) is 0 Å². The second kappa shape index (κ2) is 9.40. The monoisotopic (exact) mass is 380 g/mol. The Morgan fingerprint density at radius 2 is 1.61 bits per heavy atom. The zero-order valence-corrected chi connectivity index (χ0v) is 18.3. The van der Waals surface area contributed by atoms with Gasteiger partial charge in [0.2, 0.25) is 0 Å². The van der Waals surface area contributed by atoms with E-state index in [1.165, 1.54) is 55.1 Å². The third-order valence-corrected chi connectivity index (χ3v) is 5.95. The summed E-state index contributed by atoms with van der Waals surface area (Å²) in [5.41, 5.74) is 6.40. The first kappa shape index (κ1) is 20.6. The fourth-order valence-electron chi connectivity index (χ4n) is 4.22. The summed E-state index contributed by atoms with van der Waals surface area (Å²) >= 11 is 0. The first-order chi connectivity index (χ1) is 13.5. The molecule has 4 heterocycles. The van der Waals surface area contributed by atoms with Gasteiger partial charge in [0.05, 0.1) is 22.8 Å². The van der Waals surface area contributed by atoms with Crippen molar-refractivity contribution in [3.8, 4) is 0 Å². The molecule has 0 spiro atoms. The van der Waals surface area contributed by atoms with Crippen LogP contribution >= 0.6 is 0 Å². The third kappa shape index (κ3) is 4.65. The summed E-state index contributed by atoms with van der Waals surface area (Å²) in [5.74, 6) is 0. The van der Waals surface area contributed by atoms with Gasteiger partial charge < -0.3 is 9.80 Å². The molecule has 2 aromatic rings. The minimum Gasteiger partial charge on any atom is -0.368 e. The van der Waals surface area contributed by atoms with Crippen molar-refractivity contribution in [3.05, 3.63) is 47.5 Å². The zero-order chi connectivity index (χ0) is 20.1. The SMILES string of the molecule is CC(C)N1CCCc2ncccc21.CCC(C)N1CCCc2nc(C)ccc21. The molecule has 4 heteroatoms. The number of aromatic nitrogens is 2. The van der Waals surface area contributed by atoms with Crippen LogP contribution in [0.15, 0.2) is 30.5 Å². The second-order valence-electron chi connectivity index (χ2n) is 8.33. The summed E-state index contributed by atoms with van der Waals surface area (Å²) in [6.45, 7) is 13.5. The molecule has 4 rings (SSSR count). The summed E-state index contributed by atoms with van der Waals surface area (Å²) in [6, 6.07) is 9.79. The molecule has 0 radical (unpaired) electrons. The molecule has 0 amide bonds. The van der Waals surface area contributed by atoms with Crippen molar-refractivity contribution in [2.24, 2.45) is 0 Å². The van der Waals surface area contributed by atoms with Gasteiger partial charge in [-0.1, -0.05) is 6.92 Å². The van der Waals surface area contributed by atoms with Crippen molar-refractivity contribution < 1.29 is 0 Å². The Hall–Kier alpha value is -2.10. The number of pyridine rings is 2. The van der Waals surface area contributed by atoms with E-state index >= 15 is 0 Å². The number of hydrogen-bond donors (Lipinski definition) is 0. The van der Waals surface area contributed by atoms with Crippen LogP contribution in [0.4, 0.5) is 11.4 Å². The quantitative estimate of drug-likeness (QED) is 0.734. The molecular weight excluding hydrogens is 344 g/mol. The van der Waals surface area contributed by atoms with Crippen molar-refractivity contribution in [2.45, 2.75) is 78.8 Å². The standard InChI is InChI=1S/C13H20N2.C11H16N2/c1-4-11(3)15-9-5-6-12-13(15)8-7-10(2)14-12;1-9(2)13-8-4-5-10-11(13)6-3-7-12-10/h7-8,11H,4-6,9H2,1-3H3;3,6-7,9H,4-5,8H2,1-2H3. The topological polar surface area (TPSA) is 32.3 Å². The number of fused-ring (bicyclic) bond motifs is 2. The van der Waals surface area contributed by atoms with E-state index in [2.05, 4.69) is 72.6 Å². The average Bonchev–Trinajstić information content (AvgIpc) is 2.72. The molecule has 4 nitrogen and oxygen atoms in total. The van der Waals surface area contributed by atoms with E-state index in [0.717, 1.165) is 18.5 Å². The molecule has 28 heavy (non-hydrogen) atoms. The van der Waals surface area contributed by atoms with Gasteiger partial charge >= 0.3 is 0 Å². The normalized spacial score (nSPS) is 16.8. The highest BCUT2D eigenvalue weighted by molar-refractivity contribution is 5.54. The van der Waals surface area contributed by atoms with Crippen molar-refractivity contribution in [2.75, 3.05) is 22.9 Å². The number of nitrogens with zero attached hydrogens (tertiary/aromatic N) is 4. The highest BCUT2D eigenvalue weighted by Gasteiger charge is 2.21. The third-order valence-electron chi connectivity index (χ3n) is 5.95. The molecule has 2 aromatic heterocycles. The van der Waals surface area contributed by atoms with Crippen LogP contribution < -0.4 is 9.80 Å². The first-order valence-electron chi connectivity index (χ1n) is 10.9. The van der Waals surface area contributed by atoms with Crippen molar-refractivity contribution in [1.82, 2.24) is 9.97 Å². The van der Waals surface area contributed by atoms with E-state index in [4.69, 9.17) is 0 Å². The Morgan fingerprint density at radius 1 is 0.929 bits per heavy atom. The van der Waals surface area contributed by atoms with Crippen molar-refractivity contribution in [3.63, 3.8) is 0 Å². The fourth-order valence-corrected chi connectivity index (χ4v) is 4.22. The summed E-state index contributed by atoms with van der Waals surface area (Å²) in [4.78, 5) is 14.0. The largest absolute Gasteiger partial charge is 0.368 e. The molecule has 1 atom stereocenters. The molecule has 1 unspecified atom stereocenters. The average molecular weight is 381 g/mol. The first-order valence-corrected chi connectivity index (χ1v) is 10.9. The molecule has 0 N–H and O–H groups in total. The molecule has 0 fully saturated rings. The minimum absolute atomic E-state index is 0.586. The molecular formula is C24H36N4. The predicted molar refractivity (Wildman–Crippen MR) is 119 cm³/mol. The lowest BCUT2D eigenvalue weighted by Crippen LogP contribution is -2.37. The Balaban J connectivity index is 0.000000162. The van der Waals surface area contributed by atoms with Crippen LogP contribution in [0.2, 0.25) is 0 Å². The molecule has 2 aliphatic rings. The molecule has 2 aliphatic heterocycles. The van der Waals surface area contributed by atoms with Crippen LogP contribution in [-0.2, 0) is 12.8 Å². The summed E-state index contributed by atoms with van der Waals surface area (Å²) in [7, 11) is 0. The minimum atomic E-state index is 0.586. The van der Waals surface area contributed by atoms with E-state index in [1.54, 1.807) is 0 Å². The zero-order valence-electron chi connectivity index (χ0n) is 18.3. The highest BCUT2D eigenvalue weighted by Crippen LogP contribution is 2.28. The smallest absolute Gasteiger partial charge is 0.0640 e.